The number of hydrogen-bond donors (Lipinski definition) is 0. The van der Waals surface area contributed by atoms with Crippen LogP contribution in [0.2, 0.25) is 0 Å². The Kier molecular flexibility index (Phi) is 5.76. The topological polar surface area (TPSA) is 59.1 Å². The molecule has 0 aromatic carbocycles. The largest absolute Gasteiger partial charge is 0.371 e. The fourth-order valence-electron chi connectivity index (χ4n) is 3.90. The zero-order chi connectivity index (χ0) is 17.0. The molecule has 1 spiro atoms. The van der Waals surface area contributed by atoms with Crippen LogP contribution in [0.4, 0.5) is 0 Å². The second-order valence-corrected chi connectivity index (χ2v) is 7.40. The lowest BCUT2D eigenvalue weighted by molar-refractivity contribution is -0.202. The molecule has 3 aliphatic rings. The lowest BCUT2D eigenvalue weighted by Gasteiger charge is -2.53. The van der Waals surface area contributed by atoms with Gasteiger partial charge in [0.1, 0.15) is 12.2 Å². The van der Waals surface area contributed by atoms with E-state index in [0.29, 0.717) is 26.1 Å². The van der Waals surface area contributed by atoms with Crippen molar-refractivity contribution in [1.29, 1.82) is 0 Å². The minimum atomic E-state index is -0.235. The van der Waals surface area contributed by atoms with Crippen LogP contribution in [0.3, 0.4) is 0 Å². The first kappa shape index (κ1) is 17.7. The molecule has 1 unspecified atom stereocenters. The van der Waals surface area contributed by atoms with E-state index in [1.807, 2.05) is 9.80 Å². The van der Waals surface area contributed by atoms with Crippen molar-refractivity contribution in [3.05, 3.63) is 0 Å². The van der Waals surface area contributed by atoms with Gasteiger partial charge in [0.05, 0.1) is 19.2 Å². The van der Waals surface area contributed by atoms with Crippen molar-refractivity contribution in [2.75, 3.05) is 39.4 Å². The minimum absolute atomic E-state index is 0.0678. The molecular formula is C18H30N2O4. The van der Waals surface area contributed by atoms with Gasteiger partial charge in [0, 0.05) is 32.5 Å². The molecule has 0 aliphatic carbocycles. The Morgan fingerprint density at radius 3 is 2.62 bits per heavy atom. The highest BCUT2D eigenvalue weighted by Crippen LogP contribution is 2.35. The third-order valence-electron chi connectivity index (χ3n) is 5.40. The summed E-state index contributed by atoms with van der Waals surface area (Å²) in [5.74, 6) is 0.344. The van der Waals surface area contributed by atoms with Crippen LogP contribution in [0, 0.1) is 0 Å². The van der Waals surface area contributed by atoms with Crippen LogP contribution in [-0.2, 0) is 19.1 Å². The highest BCUT2D eigenvalue weighted by atomic mass is 16.5. The second kappa shape index (κ2) is 7.83. The molecule has 6 heteroatoms. The molecule has 2 amide bonds. The molecule has 1 atom stereocenters. The van der Waals surface area contributed by atoms with Gasteiger partial charge in [-0.05, 0) is 25.7 Å². The summed E-state index contributed by atoms with van der Waals surface area (Å²) >= 11 is 0. The van der Waals surface area contributed by atoms with Crippen LogP contribution in [0.25, 0.3) is 0 Å². The summed E-state index contributed by atoms with van der Waals surface area (Å²) in [5, 5.41) is 0. The predicted octanol–water partition coefficient (Wildman–Crippen LogP) is 1.58. The van der Waals surface area contributed by atoms with Crippen LogP contribution in [0.1, 0.15) is 51.9 Å². The van der Waals surface area contributed by atoms with E-state index in [4.69, 9.17) is 9.47 Å². The van der Waals surface area contributed by atoms with E-state index >= 15 is 0 Å². The van der Waals surface area contributed by atoms with Gasteiger partial charge in [-0.1, -0.05) is 13.3 Å². The third-order valence-corrected chi connectivity index (χ3v) is 5.40. The van der Waals surface area contributed by atoms with Crippen molar-refractivity contribution < 1.29 is 19.1 Å². The molecule has 3 saturated heterocycles. The molecule has 0 N–H and O–H groups in total. The first-order valence-corrected chi connectivity index (χ1v) is 9.43. The Balaban J connectivity index is 1.40. The van der Waals surface area contributed by atoms with Crippen molar-refractivity contribution in [1.82, 2.24) is 9.80 Å². The van der Waals surface area contributed by atoms with Crippen molar-refractivity contribution in [2.45, 2.75) is 63.6 Å². The Morgan fingerprint density at radius 2 is 1.92 bits per heavy atom. The predicted molar refractivity (Wildman–Crippen MR) is 89.6 cm³/mol. The summed E-state index contributed by atoms with van der Waals surface area (Å²) in [6.45, 7) is 6.02. The van der Waals surface area contributed by atoms with Gasteiger partial charge in [-0.3, -0.25) is 9.59 Å². The zero-order valence-electron chi connectivity index (χ0n) is 14.8. The quantitative estimate of drug-likeness (QED) is 0.738. The summed E-state index contributed by atoms with van der Waals surface area (Å²) < 4.78 is 11.8. The maximum Gasteiger partial charge on any atom is 0.248 e. The summed E-state index contributed by atoms with van der Waals surface area (Å²) in [7, 11) is 0. The highest BCUT2D eigenvalue weighted by molar-refractivity contribution is 5.78. The Bertz CT molecular complexity index is 456. The number of likely N-dealkylation sites (tertiary alicyclic amines) is 2. The SMILES string of the molecule is CCCCC(=O)N1CC2(CC(OCC(=O)N3CCCC3)CCO2)C1. The van der Waals surface area contributed by atoms with Gasteiger partial charge >= 0.3 is 0 Å². The van der Waals surface area contributed by atoms with Crippen LogP contribution in [-0.4, -0.2) is 72.7 Å². The second-order valence-electron chi connectivity index (χ2n) is 7.40. The van der Waals surface area contributed by atoms with E-state index in [9.17, 15) is 9.59 Å². The van der Waals surface area contributed by atoms with Crippen LogP contribution >= 0.6 is 0 Å². The molecule has 3 fully saturated rings. The standard InChI is InChI=1S/C18H30N2O4/c1-2-3-6-16(21)20-13-18(14-20)11-15(7-10-24-18)23-12-17(22)19-8-4-5-9-19/h15H,2-14H2,1H3. The summed E-state index contributed by atoms with van der Waals surface area (Å²) in [6, 6.07) is 0. The lowest BCUT2D eigenvalue weighted by atomic mass is 9.84. The number of unbranched alkanes of at least 4 members (excludes halogenated alkanes) is 1. The summed E-state index contributed by atoms with van der Waals surface area (Å²) in [4.78, 5) is 27.9. The fourth-order valence-corrected chi connectivity index (χ4v) is 3.90. The lowest BCUT2D eigenvalue weighted by Crippen LogP contribution is -2.67. The molecule has 0 aromatic heterocycles. The number of rotatable bonds is 6. The monoisotopic (exact) mass is 338 g/mol. The summed E-state index contributed by atoms with van der Waals surface area (Å²) in [5.41, 5.74) is -0.235. The molecule has 0 bridgehead atoms. The summed E-state index contributed by atoms with van der Waals surface area (Å²) in [6.07, 6.45) is 6.53. The molecule has 0 radical (unpaired) electrons. The molecule has 0 aromatic rings. The first-order chi connectivity index (χ1) is 11.6. The molecule has 136 valence electrons. The number of amides is 2. The normalized spacial score (nSPS) is 25.8. The smallest absolute Gasteiger partial charge is 0.248 e. The van der Waals surface area contributed by atoms with E-state index < -0.39 is 0 Å². The average Bonchev–Trinajstić information content (AvgIpc) is 3.10. The van der Waals surface area contributed by atoms with Gasteiger partial charge < -0.3 is 19.3 Å². The van der Waals surface area contributed by atoms with E-state index in [2.05, 4.69) is 6.92 Å². The molecule has 3 aliphatic heterocycles. The molecule has 3 rings (SSSR count). The molecule has 3 heterocycles. The number of carbonyl (C=O) groups excluding carboxylic acids is 2. The van der Waals surface area contributed by atoms with Crippen LogP contribution in [0.5, 0.6) is 0 Å². The van der Waals surface area contributed by atoms with E-state index in [-0.39, 0.29) is 30.1 Å². The van der Waals surface area contributed by atoms with Gasteiger partial charge in [-0.15, -0.1) is 0 Å². The van der Waals surface area contributed by atoms with Gasteiger partial charge in [-0.2, -0.15) is 0 Å². The number of carbonyl (C=O) groups is 2. The Morgan fingerprint density at radius 1 is 1.17 bits per heavy atom. The maximum atomic E-state index is 12.1. The van der Waals surface area contributed by atoms with Gasteiger partial charge in [-0.25, -0.2) is 0 Å². The van der Waals surface area contributed by atoms with Crippen molar-refractivity contribution in [2.24, 2.45) is 0 Å². The first-order valence-electron chi connectivity index (χ1n) is 9.43. The molecule has 0 saturated carbocycles. The van der Waals surface area contributed by atoms with Gasteiger partial charge in [0.2, 0.25) is 11.8 Å². The maximum absolute atomic E-state index is 12.1. The highest BCUT2D eigenvalue weighted by Gasteiger charge is 2.49. The number of nitrogens with zero attached hydrogens (tertiary/aromatic N) is 2. The van der Waals surface area contributed by atoms with Gasteiger partial charge in [0.15, 0.2) is 0 Å². The molecule has 24 heavy (non-hydrogen) atoms. The van der Waals surface area contributed by atoms with E-state index in [0.717, 1.165) is 51.6 Å². The van der Waals surface area contributed by atoms with Crippen molar-refractivity contribution >= 4 is 11.8 Å². The zero-order valence-corrected chi connectivity index (χ0v) is 14.8. The van der Waals surface area contributed by atoms with Crippen molar-refractivity contribution in [3.8, 4) is 0 Å². The van der Waals surface area contributed by atoms with E-state index in [1.165, 1.54) is 0 Å². The van der Waals surface area contributed by atoms with Crippen LogP contribution in [0.15, 0.2) is 0 Å². The minimum Gasteiger partial charge on any atom is -0.371 e. The molecular weight excluding hydrogens is 308 g/mol. The Labute approximate surface area is 144 Å². The average molecular weight is 338 g/mol. The third kappa shape index (κ3) is 4.09. The Hall–Kier alpha value is -1.14. The fraction of sp³-hybridized carbons (Fsp3) is 0.889. The van der Waals surface area contributed by atoms with Crippen molar-refractivity contribution in [3.63, 3.8) is 0 Å². The number of hydrogen-bond acceptors (Lipinski definition) is 4. The number of ether oxygens (including phenoxy) is 2. The van der Waals surface area contributed by atoms with E-state index in [1.54, 1.807) is 0 Å². The van der Waals surface area contributed by atoms with Gasteiger partial charge in [0.25, 0.3) is 0 Å². The molecule has 6 nitrogen and oxygen atoms in total. The van der Waals surface area contributed by atoms with Crippen LogP contribution < -0.4 is 0 Å².